The molecular weight excluding hydrogens is 520 g/mol. The SMILES string of the molecule is COc1c(NC(C)CC(O)[C@H](O)C(C)CO)cc2c(c1OC)-c1ccc(SC)c(=O)cc1[C@@H](NC(C)=O)CC2. The third kappa shape index (κ3) is 6.87. The van der Waals surface area contributed by atoms with Gasteiger partial charge in [-0.05, 0) is 67.3 Å². The lowest BCUT2D eigenvalue weighted by Crippen LogP contribution is -2.37. The number of hydrogen-bond acceptors (Lipinski definition) is 9. The quantitative estimate of drug-likeness (QED) is 0.263. The van der Waals surface area contributed by atoms with Crippen molar-refractivity contribution >= 4 is 23.4 Å². The van der Waals surface area contributed by atoms with E-state index in [0.717, 1.165) is 22.3 Å². The van der Waals surface area contributed by atoms with Crippen LogP contribution in [-0.4, -0.2) is 66.6 Å². The van der Waals surface area contributed by atoms with Crippen LogP contribution >= 0.6 is 11.8 Å². The number of fused-ring (bicyclic) bond motifs is 3. The van der Waals surface area contributed by atoms with Crippen molar-refractivity contribution in [2.24, 2.45) is 5.92 Å². The average molecular weight is 561 g/mol. The molecule has 0 heterocycles. The van der Waals surface area contributed by atoms with Gasteiger partial charge in [0.1, 0.15) is 0 Å². The van der Waals surface area contributed by atoms with Gasteiger partial charge in [-0.3, -0.25) is 9.59 Å². The highest BCUT2D eigenvalue weighted by molar-refractivity contribution is 7.98. The Morgan fingerprint density at radius 3 is 2.44 bits per heavy atom. The van der Waals surface area contributed by atoms with Gasteiger partial charge in [0.2, 0.25) is 5.91 Å². The lowest BCUT2D eigenvalue weighted by Gasteiger charge is -2.27. The minimum absolute atomic E-state index is 0.114. The van der Waals surface area contributed by atoms with Crippen LogP contribution in [0.2, 0.25) is 0 Å². The van der Waals surface area contributed by atoms with Crippen LogP contribution in [0.25, 0.3) is 11.1 Å². The number of benzene rings is 1. The maximum absolute atomic E-state index is 13.0. The normalized spacial score (nSPS) is 17.5. The highest BCUT2D eigenvalue weighted by Gasteiger charge is 2.30. The third-order valence-electron chi connectivity index (χ3n) is 7.17. The number of anilines is 1. The second kappa shape index (κ2) is 13.5. The summed E-state index contributed by atoms with van der Waals surface area (Å²) in [7, 11) is 3.11. The summed E-state index contributed by atoms with van der Waals surface area (Å²) in [6.45, 7) is 4.81. The number of thioether (sulfide) groups is 1. The highest BCUT2D eigenvalue weighted by atomic mass is 32.2. The Hall–Kier alpha value is -2.79. The van der Waals surface area contributed by atoms with E-state index in [4.69, 9.17) is 9.47 Å². The molecule has 9 nitrogen and oxygen atoms in total. The number of methoxy groups -OCH3 is 2. The number of rotatable bonds is 11. The Labute approximate surface area is 233 Å². The number of carbonyl (C=O) groups excluding carboxylic acids is 1. The minimum Gasteiger partial charge on any atom is -0.492 e. The number of aliphatic hydroxyl groups is 3. The van der Waals surface area contributed by atoms with E-state index in [2.05, 4.69) is 10.6 Å². The van der Waals surface area contributed by atoms with Crippen LogP contribution in [0.1, 0.15) is 50.8 Å². The van der Waals surface area contributed by atoms with Crippen molar-refractivity contribution in [2.75, 3.05) is 32.4 Å². The van der Waals surface area contributed by atoms with E-state index >= 15 is 0 Å². The molecule has 39 heavy (non-hydrogen) atoms. The van der Waals surface area contributed by atoms with Gasteiger partial charge in [0.25, 0.3) is 0 Å². The van der Waals surface area contributed by atoms with E-state index in [1.54, 1.807) is 33.3 Å². The first kappa shape index (κ1) is 30.7. The molecule has 214 valence electrons. The van der Waals surface area contributed by atoms with Crippen LogP contribution in [0.15, 0.2) is 34.0 Å². The average Bonchev–Trinajstić information content (AvgIpc) is 3.14. The van der Waals surface area contributed by atoms with E-state index in [9.17, 15) is 24.9 Å². The fraction of sp³-hybridized carbons (Fsp3) is 0.517. The summed E-state index contributed by atoms with van der Waals surface area (Å²) < 4.78 is 11.7. The van der Waals surface area contributed by atoms with Crippen LogP contribution in [0.3, 0.4) is 0 Å². The fourth-order valence-corrected chi connectivity index (χ4v) is 5.63. The zero-order chi connectivity index (χ0) is 28.9. The largest absolute Gasteiger partial charge is 0.492 e. The van der Waals surface area contributed by atoms with E-state index in [0.29, 0.717) is 34.9 Å². The zero-order valence-corrected chi connectivity index (χ0v) is 24.2. The van der Waals surface area contributed by atoms with E-state index in [1.807, 2.05) is 25.3 Å². The lowest BCUT2D eigenvalue weighted by atomic mass is 9.94. The molecule has 2 aromatic carbocycles. The molecule has 0 spiro atoms. The molecule has 5 N–H and O–H groups in total. The molecule has 0 aromatic heterocycles. The minimum atomic E-state index is -1.05. The van der Waals surface area contributed by atoms with Gasteiger partial charge in [0, 0.05) is 31.1 Å². The Balaban J connectivity index is 2.13. The number of amides is 1. The predicted octanol–water partition coefficient (Wildman–Crippen LogP) is 3.12. The fourth-order valence-electron chi connectivity index (χ4n) is 5.17. The van der Waals surface area contributed by atoms with E-state index < -0.39 is 18.1 Å². The van der Waals surface area contributed by atoms with Gasteiger partial charge < -0.3 is 35.4 Å². The van der Waals surface area contributed by atoms with Crippen molar-refractivity contribution in [3.63, 3.8) is 0 Å². The smallest absolute Gasteiger partial charge is 0.217 e. The molecule has 3 rings (SSSR count). The Morgan fingerprint density at radius 1 is 1.15 bits per heavy atom. The Morgan fingerprint density at radius 2 is 1.85 bits per heavy atom. The maximum Gasteiger partial charge on any atom is 0.217 e. The Kier molecular flexibility index (Phi) is 10.7. The van der Waals surface area contributed by atoms with Crippen molar-refractivity contribution in [1.29, 1.82) is 0 Å². The molecule has 0 saturated heterocycles. The third-order valence-corrected chi connectivity index (χ3v) is 7.95. The summed E-state index contributed by atoms with van der Waals surface area (Å²) in [5.74, 6) is 0.324. The van der Waals surface area contributed by atoms with Gasteiger partial charge in [-0.15, -0.1) is 11.8 Å². The first-order valence-electron chi connectivity index (χ1n) is 13.1. The summed E-state index contributed by atoms with van der Waals surface area (Å²) in [6.07, 6.45) is 1.18. The highest BCUT2D eigenvalue weighted by Crippen LogP contribution is 2.49. The Bertz CT molecular complexity index is 1240. The van der Waals surface area contributed by atoms with Gasteiger partial charge in [0.05, 0.1) is 43.1 Å². The maximum atomic E-state index is 13.0. The molecule has 0 saturated carbocycles. The summed E-state index contributed by atoms with van der Waals surface area (Å²) in [5, 5.41) is 36.5. The molecule has 0 aliphatic heterocycles. The van der Waals surface area contributed by atoms with Crippen molar-refractivity contribution in [2.45, 2.75) is 69.2 Å². The van der Waals surface area contributed by atoms with Crippen LogP contribution < -0.4 is 25.5 Å². The van der Waals surface area contributed by atoms with E-state index in [-0.39, 0.29) is 36.4 Å². The number of hydrogen-bond donors (Lipinski definition) is 5. The number of aryl methyl sites for hydroxylation is 1. The molecule has 3 unspecified atom stereocenters. The second-order valence-electron chi connectivity index (χ2n) is 10.1. The number of ether oxygens (including phenoxy) is 2. The van der Waals surface area contributed by atoms with Gasteiger partial charge in [-0.1, -0.05) is 13.0 Å². The van der Waals surface area contributed by atoms with Crippen LogP contribution in [0.4, 0.5) is 5.69 Å². The van der Waals surface area contributed by atoms with Gasteiger partial charge in [0.15, 0.2) is 16.9 Å². The number of carbonyl (C=O) groups is 1. The summed E-state index contributed by atoms with van der Waals surface area (Å²) >= 11 is 1.37. The number of nitrogens with one attached hydrogen (secondary N) is 2. The first-order valence-corrected chi connectivity index (χ1v) is 14.3. The topological polar surface area (TPSA) is 137 Å². The van der Waals surface area contributed by atoms with Crippen molar-refractivity contribution in [3.05, 3.63) is 45.6 Å². The van der Waals surface area contributed by atoms with E-state index in [1.165, 1.54) is 18.7 Å². The standard InChI is InChI=1S/C29H40N2O7S/c1-15(14-32)27(36)24(35)11-16(2)30-22-12-18-7-9-21(31-17(3)33)20-13-23(34)25(39-6)10-8-19(20)26(18)29(38-5)28(22)37-4/h8,10,12-13,15-16,21,24,27,30,32,35-36H,7,9,11,14H2,1-6H3,(H,31,33)/t15?,16?,21-,24?,27+/m0/s1. The van der Waals surface area contributed by atoms with Crippen LogP contribution in [0, 0.1) is 5.92 Å². The molecule has 1 aliphatic carbocycles. The molecule has 0 bridgehead atoms. The zero-order valence-electron chi connectivity index (χ0n) is 23.4. The van der Waals surface area contributed by atoms with Gasteiger partial charge in [-0.2, -0.15) is 0 Å². The molecule has 5 atom stereocenters. The van der Waals surface area contributed by atoms with Crippen molar-refractivity contribution in [1.82, 2.24) is 5.32 Å². The van der Waals surface area contributed by atoms with Crippen molar-refractivity contribution < 1.29 is 29.6 Å². The molecular formula is C29H40N2O7S. The summed E-state index contributed by atoms with van der Waals surface area (Å²) in [6, 6.07) is 6.66. The van der Waals surface area contributed by atoms with Crippen LogP contribution in [-0.2, 0) is 11.2 Å². The molecule has 2 aromatic rings. The molecule has 0 radical (unpaired) electrons. The molecule has 10 heteroatoms. The predicted molar refractivity (Wildman–Crippen MR) is 154 cm³/mol. The monoisotopic (exact) mass is 560 g/mol. The molecule has 1 amide bonds. The van der Waals surface area contributed by atoms with Gasteiger partial charge >= 0.3 is 0 Å². The number of aliphatic hydroxyl groups excluding tert-OH is 3. The van der Waals surface area contributed by atoms with Crippen molar-refractivity contribution in [3.8, 4) is 22.6 Å². The lowest BCUT2D eigenvalue weighted by molar-refractivity contribution is -0.119. The van der Waals surface area contributed by atoms with Crippen LogP contribution in [0.5, 0.6) is 11.5 Å². The molecule has 0 fully saturated rings. The summed E-state index contributed by atoms with van der Waals surface area (Å²) in [5.41, 5.74) is 3.80. The molecule has 1 aliphatic rings. The van der Waals surface area contributed by atoms with Gasteiger partial charge in [-0.25, -0.2) is 0 Å². The first-order chi connectivity index (χ1) is 18.6. The summed E-state index contributed by atoms with van der Waals surface area (Å²) in [4.78, 5) is 25.7. The second-order valence-corrected chi connectivity index (χ2v) is 10.9.